The van der Waals surface area contributed by atoms with Gasteiger partial charge in [0.25, 0.3) is 0 Å². The number of nitrogens with zero attached hydrogens (tertiary/aromatic N) is 1. The summed E-state index contributed by atoms with van der Waals surface area (Å²) < 4.78 is 0.958. The quantitative estimate of drug-likeness (QED) is 0.796. The Kier molecular flexibility index (Phi) is 2.97. The number of rotatable bonds is 0. The van der Waals surface area contributed by atoms with Gasteiger partial charge in [-0.25, -0.2) is 9.69 Å². The fraction of sp³-hybridized carbons (Fsp3) is 0. The highest BCUT2D eigenvalue weighted by atomic mass is 79.9. The summed E-state index contributed by atoms with van der Waals surface area (Å²) in [6.07, 6.45) is 2.02. The number of carbonyl (C=O) groups is 1. The second kappa shape index (κ2) is 4.64. The van der Waals surface area contributed by atoms with Crippen LogP contribution in [0.4, 0.5) is 16.2 Å². The number of amides is 2. The van der Waals surface area contributed by atoms with Gasteiger partial charge in [-0.15, -0.1) is 0 Å². The lowest BCUT2D eigenvalue weighted by Gasteiger charge is -2.20. The van der Waals surface area contributed by atoms with E-state index in [0.29, 0.717) is 0 Å². The zero-order valence-corrected chi connectivity index (χ0v) is 11.7. The lowest BCUT2D eigenvalue weighted by Crippen LogP contribution is -2.63. The Hall–Kier alpha value is -1.91. The van der Waals surface area contributed by atoms with Crippen molar-refractivity contribution < 1.29 is 10.5 Å². The van der Waals surface area contributed by atoms with Gasteiger partial charge in [-0.2, -0.15) is 0 Å². The van der Waals surface area contributed by atoms with Crippen LogP contribution in [0.2, 0.25) is 0 Å². The van der Waals surface area contributed by atoms with Crippen LogP contribution in [0.3, 0.4) is 0 Å². The highest BCUT2D eigenvalue weighted by molar-refractivity contribution is 9.15. The van der Waals surface area contributed by atoms with Crippen LogP contribution in [-0.4, -0.2) is 6.03 Å². The zero-order valence-electron chi connectivity index (χ0n) is 10.1. The summed E-state index contributed by atoms with van der Waals surface area (Å²) in [5.74, 6) is 0. The average molecular weight is 316 g/mol. The number of anilines is 2. The average Bonchev–Trinajstić information content (AvgIpc) is 2.53. The number of quaternary nitrogens is 1. The molecule has 0 saturated carbocycles. The molecule has 0 saturated heterocycles. The van der Waals surface area contributed by atoms with E-state index >= 15 is 0 Å². The molecule has 1 aliphatic rings. The fourth-order valence-corrected chi connectivity index (χ4v) is 2.88. The highest BCUT2D eigenvalue weighted by Gasteiger charge is 2.25. The molecule has 2 amide bonds. The van der Waals surface area contributed by atoms with Crippen LogP contribution < -0.4 is 10.6 Å². The Morgan fingerprint density at radius 3 is 2.37 bits per heavy atom. The Morgan fingerprint density at radius 1 is 1.00 bits per heavy atom. The van der Waals surface area contributed by atoms with E-state index in [9.17, 15) is 4.79 Å². The molecule has 1 aliphatic heterocycles. The minimum atomic E-state index is -0.240. The van der Waals surface area contributed by atoms with Gasteiger partial charge in [-0.3, -0.25) is 5.73 Å². The summed E-state index contributed by atoms with van der Waals surface area (Å²) >= 11 is 3.59. The summed E-state index contributed by atoms with van der Waals surface area (Å²) in [4.78, 5) is 13.6. The van der Waals surface area contributed by atoms with Crippen molar-refractivity contribution in [2.75, 3.05) is 4.90 Å². The molecule has 3 nitrogen and oxygen atoms in total. The molecule has 2 aromatic carbocycles. The molecule has 0 atom stereocenters. The third kappa shape index (κ3) is 1.99. The van der Waals surface area contributed by atoms with Crippen LogP contribution in [0, 0.1) is 0 Å². The van der Waals surface area contributed by atoms with Gasteiger partial charge in [-0.05, 0) is 23.8 Å². The monoisotopic (exact) mass is 315 g/mol. The van der Waals surface area contributed by atoms with Gasteiger partial charge in [0.1, 0.15) is 0 Å². The van der Waals surface area contributed by atoms with Crippen molar-refractivity contribution in [2.45, 2.75) is 0 Å². The van der Waals surface area contributed by atoms with Crippen LogP contribution in [0.5, 0.6) is 0 Å². The molecule has 1 heterocycles. The summed E-state index contributed by atoms with van der Waals surface area (Å²) in [6.45, 7) is 0. The molecule has 3 N–H and O–H groups in total. The van der Waals surface area contributed by atoms with Crippen molar-refractivity contribution in [3.8, 4) is 0 Å². The topological polar surface area (TPSA) is 48.0 Å². The number of fused-ring (bicyclic) bond motifs is 2. The number of hydrogen-bond donors (Lipinski definition) is 1. The standard InChI is InChI=1S/C15H11BrN2O/c16-12-9-10-5-1-3-7-13(10)18(15(17)19)14-8-4-2-6-11(12)14/h1-9H,(H2,17,19)/p+1. The largest absolute Gasteiger partial charge is 0.423 e. The molecular weight excluding hydrogens is 304 g/mol. The molecule has 19 heavy (non-hydrogen) atoms. The maximum atomic E-state index is 12.0. The first kappa shape index (κ1) is 12.1. The number of halogens is 1. The fourth-order valence-electron chi connectivity index (χ4n) is 2.30. The van der Waals surface area contributed by atoms with Crippen LogP contribution in [0.1, 0.15) is 11.1 Å². The molecule has 0 aliphatic carbocycles. The van der Waals surface area contributed by atoms with Gasteiger partial charge in [0.2, 0.25) is 0 Å². The highest BCUT2D eigenvalue weighted by Crippen LogP contribution is 2.41. The first-order valence-electron chi connectivity index (χ1n) is 5.90. The molecule has 2 aromatic rings. The number of urea groups is 1. The van der Waals surface area contributed by atoms with E-state index in [1.54, 1.807) is 4.90 Å². The minimum absolute atomic E-state index is 0.240. The summed E-state index contributed by atoms with van der Waals surface area (Å²) in [6, 6.07) is 15.3. The second-order valence-electron chi connectivity index (χ2n) is 4.30. The van der Waals surface area contributed by atoms with Crippen LogP contribution in [0.25, 0.3) is 10.6 Å². The molecule has 0 spiro atoms. The van der Waals surface area contributed by atoms with Crippen LogP contribution in [0.15, 0.2) is 48.5 Å². The van der Waals surface area contributed by atoms with E-state index in [2.05, 4.69) is 21.7 Å². The van der Waals surface area contributed by atoms with Gasteiger partial charge >= 0.3 is 6.03 Å². The lowest BCUT2D eigenvalue weighted by molar-refractivity contribution is -0.245. The molecule has 0 bridgehead atoms. The molecule has 0 aromatic heterocycles. The van der Waals surface area contributed by atoms with E-state index in [4.69, 9.17) is 0 Å². The molecule has 0 fully saturated rings. The third-order valence-electron chi connectivity index (χ3n) is 3.11. The SMILES string of the molecule is [NH3+]C(=O)N1c2ccccc2C=C(Br)c2ccccc21. The Labute approximate surface area is 119 Å². The number of benzene rings is 2. The predicted octanol–water partition coefficient (Wildman–Crippen LogP) is 3.39. The van der Waals surface area contributed by atoms with E-state index in [0.717, 1.165) is 27.0 Å². The van der Waals surface area contributed by atoms with Gasteiger partial charge < -0.3 is 0 Å². The van der Waals surface area contributed by atoms with E-state index in [1.807, 2.05) is 54.6 Å². The summed E-state index contributed by atoms with van der Waals surface area (Å²) in [5.41, 5.74) is 7.24. The van der Waals surface area contributed by atoms with Crippen LogP contribution in [-0.2, 0) is 0 Å². The second-order valence-corrected chi connectivity index (χ2v) is 5.15. The van der Waals surface area contributed by atoms with Gasteiger partial charge in [-0.1, -0.05) is 52.3 Å². The molecule has 3 rings (SSSR count). The normalized spacial score (nSPS) is 13.2. The van der Waals surface area contributed by atoms with Gasteiger partial charge in [0.15, 0.2) is 0 Å². The van der Waals surface area contributed by atoms with E-state index in [-0.39, 0.29) is 6.03 Å². The van der Waals surface area contributed by atoms with Crippen LogP contribution >= 0.6 is 15.9 Å². The summed E-state index contributed by atoms with van der Waals surface area (Å²) in [5, 5.41) is 0. The van der Waals surface area contributed by atoms with Crippen molar-refractivity contribution in [1.82, 2.24) is 0 Å². The van der Waals surface area contributed by atoms with Gasteiger partial charge in [0.05, 0.1) is 11.4 Å². The molecule has 4 heteroatoms. The zero-order chi connectivity index (χ0) is 13.4. The van der Waals surface area contributed by atoms with Gasteiger partial charge in [0, 0.05) is 10.0 Å². The number of para-hydroxylation sites is 2. The van der Waals surface area contributed by atoms with Crippen molar-refractivity contribution in [3.63, 3.8) is 0 Å². The Balaban J connectivity index is 2.36. The minimum Gasteiger partial charge on any atom is -0.273 e. The maximum absolute atomic E-state index is 12.0. The van der Waals surface area contributed by atoms with Crippen molar-refractivity contribution >= 4 is 43.9 Å². The molecule has 0 radical (unpaired) electrons. The van der Waals surface area contributed by atoms with Crippen molar-refractivity contribution in [1.29, 1.82) is 0 Å². The molecule has 94 valence electrons. The Bertz CT molecular complexity index is 694. The van der Waals surface area contributed by atoms with Crippen molar-refractivity contribution in [3.05, 3.63) is 59.7 Å². The lowest BCUT2D eigenvalue weighted by atomic mass is 10.1. The Morgan fingerprint density at radius 2 is 1.63 bits per heavy atom. The molecule has 0 unspecified atom stereocenters. The smallest absolute Gasteiger partial charge is 0.273 e. The van der Waals surface area contributed by atoms with E-state index in [1.165, 1.54) is 0 Å². The maximum Gasteiger partial charge on any atom is 0.423 e. The third-order valence-corrected chi connectivity index (χ3v) is 3.77. The number of carbonyl (C=O) groups excluding carboxylic acids is 1. The summed E-state index contributed by atoms with van der Waals surface area (Å²) in [7, 11) is 0. The first-order valence-corrected chi connectivity index (χ1v) is 6.69. The number of hydrogen-bond acceptors (Lipinski definition) is 1. The first-order chi connectivity index (χ1) is 9.18. The van der Waals surface area contributed by atoms with Crippen molar-refractivity contribution in [2.24, 2.45) is 0 Å². The predicted molar refractivity (Wildman–Crippen MR) is 80.1 cm³/mol. The van der Waals surface area contributed by atoms with E-state index < -0.39 is 0 Å². The molecular formula is C15H12BrN2O+.